The van der Waals surface area contributed by atoms with Gasteiger partial charge in [0.25, 0.3) is 0 Å². The third-order valence-corrected chi connectivity index (χ3v) is 6.87. The summed E-state index contributed by atoms with van der Waals surface area (Å²) in [6.45, 7) is -0.00976. The second kappa shape index (κ2) is 8.21. The highest BCUT2D eigenvalue weighted by atomic mass is 32.2. The van der Waals surface area contributed by atoms with E-state index < -0.39 is 28.2 Å². The Morgan fingerprint density at radius 3 is 2.43 bits per heavy atom. The minimum Gasteiger partial charge on any atom is -0.406 e. The molecule has 11 heteroatoms. The van der Waals surface area contributed by atoms with Gasteiger partial charge in [0.15, 0.2) is 0 Å². The molecule has 1 aromatic carbocycles. The third kappa shape index (κ3) is 5.32. The first-order valence-electron chi connectivity index (χ1n) is 7.78. The summed E-state index contributed by atoms with van der Waals surface area (Å²) in [5, 5.41) is 14.0. The molecule has 2 N–H and O–H groups in total. The van der Waals surface area contributed by atoms with Crippen LogP contribution < -0.4 is 9.46 Å². The number of thiophene rings is 2. The van der Waals surface area contributed by atoms with Gasteiger partial charge in [-0.2, -0.15) is 11.3 Å². The Hall–Kier alpha value is -1.92. The summed E-state index contributed by atoms with van der Waals surface area (Å²) < 4.78 is 67.2. The molecule has 28 heavy (non-hydrogen) atoms. The van der Waals surface area contributed by atoms with Crippen LogP contribution in [-0.4, -0.2) is 19.9 Å². The summed E-state index contributed by atoms with van der Waals surface area (Å²) >= 11 is 2.73. The van der Waals surface area contributed by atoms with E-state index in [-0.39, 0.29) is 11.4 Å². The van der Waals surface area contributed by atoms with E-state index in [4.69, 9.17) is 0 Å². The highest BCUT2D eigenvalue weighted by molar-refractivity contribution is 7.89. The van der Waals surface area contributed by atoms with Gasteiger partial charge in [-0.15, -0.1) is 24.5 Å². The molecule has 3 rings (SSSR count). The molecule has 0 saturated carbocycles. The van der Waals surface area contributed by atoms with E-state index in [1.165, 1.54) is 22.7 Å². The van der Waals surface area contributed by atoms with Crippen molar-refractivity contribution in [1.29, 1.82) is 0 Å². The largest absolute Gasteiger partial charge is 0.573 e. The lowest BCUT2D eigenvalue weighted by Gasteiger charge is -2.10. The number of aliphatic hydroxyl groups excluding tert-OH is 1. The average Bonchev–Trinajstić information content (AvgIpc) is 3.31. The molecule has 0 bridgehead atoms. The van der Waals surface area contributed by atoms with Crippen molar-refractivity contribution < 1.29 is 31.4 Å². The fourth-order valence-corrected chi connectivity index (χ4v) is 5.05. The van der Waals surface area contributed by atoms with E-state index in [1.54, 1.807) is 12.1 Å². The van der Waals surface area contributed by atoms with Crippen LogP contribution in [0.4, 0.5) is 13.2 Å². The highest BCUT2D eigenvalue weighted by Crippen LogP contribution is 2.30. The molecule has 2 aromatic heterocycles. The number of halogens is 3. The predicted octanol–water partition coefficient (Wildman–Crippen LogP) is 4.27. The molecular formula is C17H14F3NO4S3. The van der Waals surface area contributed by atoms with E-state index in [0.29, 0.717) is 9.75 Å². The lowest BCUT2D eigenvalue weighted by molar-refractivity contribution is -0.274. The summed E-state index contributed by atoms with van der Waals surface area (Å²) in [4.78, 5) is 1.18. The summed E-state index contributed by atoms with van der Waals surface area (Å²) in [7, 11) is -3.91. The quantitative estimate of drug-likeness (QED) is 0.565. The van der Waals surface area contributed by atoms with Crippen molar-refractivity contribution in [1.82, 2.24) is 4.72 Å². The van der Waals surface area contributed by atoms with Gasteiger partial charge in [-0.3, -0.25) is 0 Å². The number of hydrogen-bond donors (Lipinski definition) is 2. The van der Waals surface area contributed by atoms with Gasteiger partial charge in [-0.25, -0.2) is 13.1 Å². The molecular weight excluding hydrogens is 435 g/mol. The lowest BCUT2D eigenvalue weighted by Crippen LogP contribution is -2.23. The van der Waals surface area contributed by atoms with Crippen molar-refractivity contribution in [2.75, 3.05) is 0 Å². The molecule has 0 fully saturated rings. The lowest BCUT2D eigenvalue weighted by atomic mass is 10.2. The molecule has 0 saturated heterocycles. The predicted molar refractivity (Wildman–Crippen MR) is 99.9 cm³/mol. The van der Waals surface area contributed by atoms with Gasteiger partial charge in [0.1, 0.15) is 11.9 Å². The van der Waals surface area contributed by atoms with Crippen LogP contribution >= 0.6 is 22.7 Å². The average molecular weight is 449 g/mol. The molecule has 3 aromatic rings. The first-order chi connectivity index (χ1) is 13.1. The van der Waals surface area contributed by atoms with Crippen LogP contribution in [0.5, 0.6) is 5.75 Å². The number of sulfonamides is 1. The van der Waals surface area contributed by atoms with Gasteiger partial charge < -0.3 is 9.84 Å². The molecule has 0 amide bonds. The Morgan fingerprint density at radius 2 is 1.82 bits per heavy atom. The van der Waals surface area contributed by atoms with Crippen molar-refractivity contribution in [3.05, 3.63) is 68.5 Å². The summed E-state index contributed by atoms with van der Waals surface area (Å²) in [5.74, 6) is -0.503. The Morgan fingerprint density at radius 1 is 1.11 bits per heavy atom. The number of benzene rings is 1. The van der Waals surface area contributed by atoms with E-state index in [0.717, 1.165) is 29.8 Å². The molecule has 2 heterocycles. The van der Waals surface area contributed by atoms with Crippen molar-refractivity contribution in [2.45, 2.75) is 23.9 Å². The van der Waals surface area contributed by atoms with Crippen LogP contribution in [0, 0.1) is 0 Å². The number of alkyl halides is 3. The minimum atomic E-state index is -4.84. The van der Waals surface area contributed by atoms with Crippen LogP contribution in [-0.2, 0) is 16.6 Å². The number of rotatable bonds is 7. The van der Waals surface area contributed by atoms with Gasteiger partial charge >= 0.3 is 6.36 Å². The Labute approximate surface area is 167 Å². The monoisotopic (exact) mass is 449 g/mol. The summed E-state index contributed by atoms with van der Waals surface area (Å²) in [6, 6.07) is 9.17. The first kappa shape index (κ1) is 20.8. The van der Waals surface area contributed by atoms with Crippen molar-refractivity contribution in [3.63, 3.8) is 0 Å². The van der Waals surface area contributed by atoms with E-state index >= 15 is 0 Å². The molecule has 5 nitrogen and oxygen atoms in total. The summed E-state index contributed by atoms with van der Waals surface area (Å²) in [5.41, 5.74) is 0.764. The van der Waals surface area contributed by atoms with E-state index in [9.17, 15) is 26.7 Å². The molecule has 0 radical (unpaired) electrons. The maximum atomic E-state index is 12.3. The normalized spacial score (nSPS) is 13.4. The van der Waals surface area contributed by atoms with Crippen molar-refractivity contribution in [2.24, 2.45) is 0 Å². The Bertz CT molecular complexity index is 1010. The maximum Gasteiger partial charge on any atom is 0.573 e. The maximum absolute atomic E-state index is 12.3. The Kier molecular flexibility index (Phi) is 6.10. The molecule has 0 aliphatic carbocycles. The molecule has 0 unspecified atom stereocenters. The number of nitrogens with one attached hydrogen (secondary N) is 1. The first-order valence-corrected chi connectivity index (χ1v) is 11.0. The molecule has 0 spiro atoms. The zero-order valence-electron chi connectivity index (χ0n) is 14.0. The van der Waals surface area contributed by atoms with Crippen LogP contribution in [0.2, 0.25) is 0 Å². The topological polar surface area (TPSA) is 75.6 Å². The minimum absolute atomic E-state index is 0.00976. The van der Waals surface area contributed by atoms with Crippen LogP contribution in [0.25, 0.3) is 0 Å². The van der Waals surface area contributed by atoms with Crippen LogP contribution in [0.1, 0.15) is 21.4 Å². The standard InChI is InChI=1S/C17H14F3NO4S3/c18-17(19,20)25-12-1-4-14(5-2-12)28(23,24)21-9-13-3-6-15(27-13)16(22)11-7-8-26-10-11/h1-8,10,16,21-22H,9H2/t16-/m1/s1. The van der Waals surface area contributed by atoms with E-state index in [1.807, 2.05) is 16.8 Å². The zero-order valence-corrected chi connectivity index (χ0v) is 16.5. The van der Waals surface area contributed by atoms with Crippen LogP contribution in [0.3, 0.4) is 0 Å². The van der Waals surface area contributed by atoms with E-state index in [2.05, 4.69) is 9.46 Å². The number of hydrogen-bond acceptors (Lipinski definition) is 6. The third-order valence-electron chi connectivity index (χ3n) is 3.61. The number of aliphatic hydroxyl groups is 1. The molecule has 1 atom stereocenters. The molecule has 0 aliphatic heterocycles. The fraction of sp³-hybridized carbons (Fsp3) is 0.176. The van der Waals surface area contributed by atoms with Gasteiger partial charge in [-0.05, 0) is 58.8 Å². The zero-order chi connectivity index (χ0) is 20.4. The highest BCUT2D eigenvalue weighted by Gasteiger charge is 2.31. The van der Waals surface area contributed by atoms with Crippen molar-refractivity contribution >= 4 is 32.7 Å². The summed E-state index contributed by atoms with van der Waals surface area (Å²) in [6.07, 6.45) is -5.62. The van der Waals surface area contributed by atoms with Gasteiger partial charge in [0.05, 0.1) is 4.90 Å². The second-order valence-corrected chi connectivity index (χ2v) is 9.35. The number of ether oxygens (including phenoxy) is 1. The smallest absolute Gasteiger partial charge is 0.406 e. The van der Waals surface area contributed by atoms with Gasteiger partial charge in [-0.1, -0.05) is 0 Å². The van der Waals surface area contributed by atoms with Gasteiger partial charge in [0, 0.05) is 16.3 Å². The molecule has 0 aliphatic rings. The SMILES string of the molecule is O=S(=O)(NCc1ccc([C@H](O)c2ccsc2)s1)c1ccc(OC(F)(F)F)cc1. The van der Waals surface area contributed by atoms with Gasteiger partial charge in [0.2, 0.25) is 10.0 Å². The second-order valence-electron chi connectivity index (χ2n) is 5.61. The van der Waals surface area contributed by atoms with Crippen molar-refractivity contribution in [3.8, 4) is 5.75 Å². The molecule has 150 valence electrons. The Balaban J connectivity index is 1.64. The van der Waals surface area contributed by atoms with Crippen LogP contribution in [0.15, 0.2) is 58.1 Å². The fourth-order valence-electron chi connectivity index (χ4n) is 2.30.